The molecule has 0 aliphatic carbocycles. The molecule has 6 heteroatoms. The number of amides is 1. The molecule has 0 aromatic heterocycles. The number of carbonyl (C=O) groups is 3. The van der Waals surface area contributed by atoms with Gasteiger partial charge in [-0.05, 0) is 37.1 Å². The van der Waals surface area contributed by atoms with E-state index in [0.29, 0.717) is 24.3 Å². The van der Waals surface area contributed by atoms with Gasteiger partial charge >= 0.3 is 5.97 Å². The second kappa shape index (κ2) is 9.61. The van der Waals surface area contributed by atoms with Crippen LogP contribution in [0.15, 0.2) is 24.3 Å². The third-order valence-electron chi connectivity index (χ3n) is 3.27. The van der Waals surface area contributed by atoms with Gasteiger partial charge in [0.25, 0.3) is 0 Å². The van der Waals surface area contributed by atoms with Gasteiger partial charge in [0, 0.05) is 18.4 Å². The van der Waals surface area contributed by atoms with Crippen LogP contribution in [0.3, 0.4) is 0 Å². The van der Waals surface area contributed by atoms with Gasteiger partial charge < -0.3 is 15.2 Å². The minimum absolute atomic E-state index is 0.0311. The van der Waals surface area contributed by atoms with E-state index in [0.717, 1.165) is 6.42 Å². The van der Waals surface area contributed by atoms with Crippen LogP contribution < -0.4 is 10.1 Å². The summed E-state index contributed by atoms with van der Waals surface area (Å²) in [4.78, 5) is 34.5. The van der Waals surface area contributed by atoms with E-state index in [9.17, 15) is 14.4 Å². The van der Waals surface area contributed by atoms with Gasteiger partial charge in [-0.25, -0.2) is 4.79 Å². The minimum atomic E-state index is -1.07. The Morgan fingerprint density at radius 3 is 2.30 bits per heavy atom. The zero-order valence-corrected chi connectivity index (χ0v) is 13.5. The molecule has 6 nitrogen and oxygen atoms in total. The average Bonchev–Trinajstić information content (AvgIpc) is 2.55. The van der Waals surface area contributed by atoms with Crippen molar-refractivity contribution in [1.82, 2.24) is 5.32 Å². The van der Waals surface area contributed by atoms with Crippen molar-refractivity contribution in [1.29, 1.82) is 0 Å². The lowest BCUT2D eigenvalue weighted by Crippen LogP contribution is -2.40. The summed E-state index contributed by atoms with van der Waals surface area (Å²) in [6, 6.07) is 5.86. The molecule has 1 rings (SSSR count). The van der Waals surface area contributed by atoms with Crippen molar-refractivity contribution < 1.29 is 24.2 Å². The third-order valence-corrected chi connectivity index (χ3v) is 3.27. The zero-order chi connectivity index (χ0) is 17.2. The van der Waals surface area contributed by atoms with Crippen molar-refractivity contribution in [3.63, 3.8) is 0 Å². The summed E-state index contributed by atoms with van der Waals surface area (Å²) in [6.07, 6.45) is 1.22. The van der Waals surface area contributed by atoms with Crippen molar-refractivity contribution in [2.45, 2.75) is 45.6 Å². The topological polar surface area (TPSA) is 92.7 Å². The number of carbonyl (C=O) groups excluding carboxylic acids is 2. The number of rotatable bonds is 10. The lowest BCUT2D eigenvalue weighted by Gasteiger charge is -2.11. The number of nitrogens with one attached hydrogen (secondary N) is 1. The number of hydrogen-bond donors (Lipinski definition) is 2. The summed E-state index contributed by atoms with van der Waals surface area (Å²) in [6.45, 7) is 4.30. The molecule has 0 bridgehead atoms. The van der Waals surface area contributed by atoms with Gasteiger partial charge in [-0.1, -0.05) is 13.8 Å². The monoisotopic (exact) mass is 321 g/mol. The number of hydrogen-bond acceptors (Lipinski definition) is 4. The van der Waals surface area contributed by atoms with Gasteiger partial charge in [-0.15, -0.1) is 0 Å². The summed E-state index contributed by atoms with van der Waals surface area (Å²) in [7, 11) is 0. The summed E-state index contributed by atoms with van der Waals surface area (Å²) >= 11 is 0. The molecular weight excluding hydrogens is 298 g/mol. The molecule has 0 fully saturated rings. The smallest absolute Gasteiger partial charge is 0.326 e. The average molecular weight is 321 g/mol. The SMILES string of the molecule is CCCOc1ccc(C(=O)CCC(=O)NC(CC)C(=O)O)cc1. The van der Waals surface area contributed by atoms with Crippen LogP contribution in [-0.4, -0.2) is 35.4 Å². The van der Waals surface area contributed by atoms with E-state index in [2.05, 4.69) is 5.32 Å². The van der Waals surface area contributed by atoms with Crippen molar-refractivity contribution in [2.75, 3.05) is 6.61 Å². The number of carboxylic acids is 1. The Morgan fingerprint density at radius 1 is 1.13 bits per heavy atom. The highest BCUT2D eigenvalue weighted by Gasteiger charge is 2.18. The lowest BCUT2D eigenvalue weighted by atomic mass is 10.1. The van der Waals surface area contributed by atoms with Gasteiger partial charge in [0.15, 0.2) is 5.78 Å². The highest BCUT2D eigenvalue weighted by atomic mass is 16.5. The highest BCUT2D eigenvalue weighted by molar-refractivity contribution is 5.98. The predicted molar refractivity (Wildman–Crippen MR) is 85.7 cm³/mol. The molecule has 23 heavy (non-hydrogen) atoms. The maximum Gasteiger partial charge on any atom is 0.326 e. The molecule has 0 aliphatic heterocycles. The van der Waals surface area contributed by atoms with Crippen LogP contribution in [0.2, 0.25) is 0 Å². The van der Waals surface area contributed by atoms with E-state index in [4.69, 9.17) is 9.84 Å². The minimum Gasteiger partial charge on any atom is -0.494 e. The van der Waals surface area contributed by atoms with Gasteiger partial charge in [0.05, 0.1) is 6.61 Å². The van der Waals surface area contributed by atoms with Crippen molar-refractivity contribution in [3.05, 3.63) is 29.8 Å². The fraction of sp³-hybridized carbons (Fsp3) is 0.471. The molecule has 0 heterocycles. The normalized spacial score (nSPS) is 11.6. The molecule has 0 saturated heterocycles. The standard InChI is InChI=1S/C17H23NO5/c1-3-11-23-13-7-5-12(6-8-13)15(19)9-10-16(20)18-14(4-2)17(21)22/h5-8,14H,3-4,9-11H2,1-2H3,(H,18,20)(H,21,22). The van der Waals surface area contributed by atoms with Crippen LogP contribution in [0.5, 0.6) is 5.75 Å². The summed E-state index contributed by atoms with van der Waals surface area (Å²) < 4.78 is 5.44. The van der Waals surface area contributed by atoms with Gasteiger partial charge in [0.2, 0.25) is 5.91 Å². The molecule has 1 amide bonds. The maximum atomic E-state index is 12.0. The molecular formula is C17H23NO5. The number of benzene rings is 1. The fourth-order valence-corrected chi connectivity index (χ4v) is 1.93. The van der Waals surface area contributed by atoms with E-state index < -0.39 is 17.9 Å². The Balaban J connectivity index is 2.46. The zero-order valence-electron chi connectivity index (χ0n) is 13.5. The van der Waals surface area contributed by atoms with Crippen molar-refractivity contribution >= 4 is 17.7 Å². The number of ether oxygens (including phenoxy) is 1. The Bertz CT molecular complexity index is 538. The molecule has 0 spiro atoms. The van der Waals surface area contributed by atoms with Gasteiger partial charge in [-0.3, -0.25) is 9.59 Å². The van der Waals surface area contributed by atoms with Crippen LogP contribution in [0.1, 0.15) is 49.9 Å². The van der Waals surface area contributed by atoms with E-state index >= 15 is 0 Å². The Kier molecular flexibility index (Phi) is 7.80. The molecule has 0 radical (unpaired) electrons. The quantitative estimate of drug-likeness (QED) is 0.646. The molecule has 126 valence electrons. The van der Waals surface area contributed by atoms with E-state index in [1.165, 1.54) is 0 Å². The first-order chi connectivity index (χ1) is 11.0. The maximum absolute atomic E-state index is 12.0. The Morgan fingerprint density at radius 2 is 1.78 bits per heavy atom. The van der Waals surface area contributed by atoms with Gasteiger partial charge in [-0.2, -0.15) is 0 Å². The molecule has 1 aromatic rings. The highest BCUT2D eigenvalue weighted by Crippen LogP contribution is 2.14. The first-order valence-corrected chi connectivity index (χ1v) is 7.76. The molecule has 2 N–H and O–H groups in total. The summed E-state index contributed by atoms with van der Waals surface area (Å²) in [5.74, 6) is -0.968. The van der Waals surface area contributed by atoms with Crippen LogP contribution in [0.25, 0.3) is 0 Å². The summed E-state index contributed by atoms with van der Waals surface area (Å²) in [5, 5.41) is 11.3. The molecule has 1 aromatic carbocycles. The number of carboxylic acid groups (broad SMARTS) is 1. The molecule has 1 atom stereocenters. The van der Waals surface area contributed by atoms with Crippen molar-refractivity contribution in [3.8, 4) is 5.75 Å². The van der Waals surface area contributed by atoms with E-state index in [1.807, 2.05) is 6.92 Å². The largest absolute Gasteiger partial charge is 0.494 e. The first kappa shape index (κ1) is 18.7. The van der Waals surface area contributed by atoms with Crippen molar-refractivity contribution in [2.24, 2.45) is 0 Å². The third kappa shape index (κ3) is 6.50. The first-order valence-electron chi connectivity index (χ1n) is 7.76. The second-order valence-corrected chi connectivity index (χ2v) is 5.16. The second-order valence-electron chi connectivity index (χ2n) is 5.16. The summed E-state index contributed by atoms with van der Waals surface area (Å²) in [5.41, 5.74) is 0.506. The lowest BCUT2D eigenvalue weighted by molar-refractivity contribution is -0.141. The molecule has 0 saturated carbocycles. The van der Waals surface area contributed by atoms with Crippen LogP contribution in [0.4, 0.5) is 0 Å². The Hall–Kier alpha value is -2.37. The fourth-order valence-electron chi connectivity index (χ4n) is 1.93. The number of ketones is 1. The Labute approximate surface area is 135 Å². The van der Waals surface area contributed by atoms with E-state index in [-0.39, 0.29) is 18.6 Å². The molecule has 0 aliphatic rings. The van der Waals surface area contributed by atoms with Crippen LogP contribution >= 0.6 is 0 Å². The predicted octanol–water partition coefficient (Wildman–Crippen LogP) is 2.42. The number of Topliss-reactive ketones (excluding diaryl/α,β-unsaturated/α-hetero) is 1. The number of aliphatic carboxylic acids is 1. The van der Waals surface area contributed by atoms with Crippen LogP contribution in [-0.2, 0) is 9.59 Å². The van der Waals surface area contributed by atoms with Crippen LogP contribution in [0, 0.1) is 0 Å². The molecule has 1 unspecified atom stereocenters. The van der Waals surface area contributed by atoms with E-state index in [1.54, 1.807) is 31.2 Å². The van der Waals surface area contributed by atoms with Gasteiger partial charge in [0.1, 0.15) is 11.8 Å².